The van der Waals surface area contributed by atoms with Gasteiger partial charge in [0, 0.05) is 30.4 Å². The molecule has 0 saturated heterocycles. The van der Waals surface area contributed by atoms with Crippen LogP contribution in [-0.2, 0) is 20.1 Å². The van der Waals surface area contributed by atoms with Gasteiger partial charge in [-0.15, -0.1) is 10.2 Å². The highest BCUT2D eigenvalue weighted by Gasteiger charge is 2.11. The van der Waals surface area contributed by atoms with Gasteiger partial charge < -0.3 is 13.7 Å². The van der Waals surface area contributed by atoms with Crippen LogP contribution in [0.5, 0.6) is 0 Å². The highest BCUT2D eigenvalue weighted by Crippen LogP contribution is 2.15. The van der Waals surface area contributed by atoms with Crippen LogP contribution in [0.3, 0.4) is 0 Å². The van der Waals surface area contributed by atoms with Crippen LogP contribution in [0.15, 0.2) is 59.9 Å². The van der Waals surface area contributed by atoms with E-state index in [4.69, 9.17) is 0 Å². The number of benzene rings is 1. The van der Waals surface area contributed by atoms with Crippen molar-refractivity contribution in [3.8, 4) is 0 Å². The highest BCUT2D eigenvalue weighted by molar-refractivity contribution is 5.79. The quantitative estimate of drug-likeness (QED) is 0.573. The molecule has 0 aliphatic rings. The summed E-state index contributed by atoms with van der Waals surface area (Å²) in [5.74, 6) is 0.411. The molecule has 0 aliphatic carbocycles. The molecule has 25 heavy (non-hydrogen) atoms. The van der Waals surface area contributed by atoms with Gasteiger partial charge in [0.15, 0.2) is 5.82 Å². The third-order valence-corrected chi connectivity index (χ3v) is 4.31. The Kier molecular flexibility index (Phi) is 3.68. The lowest BCUT2D eigenvalue weighted by molar-refractivity contribution is 0.601. The summed E-state index contributed by atoms with van der Waals surface area (Å²) in [4.78, 5) is 12.9. The van der Waals surface area contributed by atoms with Gasteiger partial charge in [0.1, 0.15) is 17.7 Å². The van der Waals surface area contributed by atoms with E-state index >= 15 is 0 Å². The minimum absolute atomic E-state index is 0.137. The molecule has 0 radical (unpaired) electrons. The molecule has 0 bridgehead atoms. The van der Waals surface area contributed by atoms with E-state index in [0.29, 0.717) is 30.0 Å². The number of hydrogen-bond donors (Lipinski definition) is 0. The molecule has 0 fully saturated rings. The van der Waals surface area contributed by atoms with Gasteiger partial charge >= 0.3 is 0 Å². The Morgan fingerprint density at radius 3 is 2.52 bits per heavy atom. The van der Waals surface area contributed by atoms with Crippen LogP contribution in [0.4, 0.5) is 4.39 Å². The van der Waals surface area contributed by atoms with Gasteiger partial charge in [-0.1, -0.05) is 18.2 Å². The molecule has 4 aromatic rings. The summed E-state index contributed by atoms with van der Waals surface area (Å²) in [5, 5.41) is 8.68. The van der Waals surface area contributed by atoms with E-state index in [1.807, 2.05) is 25.4 Å². The average Bonchev–Trinajstić information content (AvgIpc) is 3.19. The molecule has 0 N–H and O–H groups in total. The van der Waals surface area contributed by atoms with E-state index in [-0.39, 0.29) is 11.4 Å². The van der Waals surface area contributed by atoms with Crippen molar-refractivity contribution in [2.45, 2.75) is 13.1 Å². The van der Waals surface area contributed by atoms with E-state index in [1.165, 1.54) is 6.07 Å². The first-order valence-electron chi connectivity index (χ1n) is 7.88. The first-order valence-corrected chi connectivity index (χ1v) is 7.88. The monoisotopic (exact) mass is 337 g/mol. The zero-order valence-corrected chi connectivity index (χ0v) is 13.6. The van der Waals surface area contributed by atoms with Crippen LogP contribution >= 0.6 is 0 Å². The fourth-order valence-electron chi connectivity index (χ4n) is 2.91. The standard InChI is InChI=1S/C18H16FN5O/c1-22-12-20-21-16(22)11-24-9-7-13-6-8-23(17(13)18(24)25)10-14-4-2-3-5-15(14)19/h2-9,12H,10-11H2,1H3. The number of aromatic nitrogens is 5. The van der Waals surface area contributed by atoms with Crippen molar-refractivity contribution < 1.29 is 4.39 Å². The summed E-state index contributed by atoms with van der Waals surface area (Å²) in [6.07, 6.45) is 5.15. The molecule has 3 heterocycles. The zero-order valence-electron chi connectivity index (χ0n) is 13.6. The van der Waals surface area contributed by atoms with Crippen LogP contribution in [0.25, 0.3) is 10.9 Å². The number of aryl methyl sites for hydroxylation is 1. The minimum atomic E-state index is -0.278. The highest BCUT2D eigenvalue weighted by atomic mass is 19.1. The maximum Gasteiger partial charge on any atom is 0.275 e. The molecular formula is C18H16FN5O. The topological polar surface area (TPSA) is 57.6 Å². The Morgan fingerprint density at radius 2 is 1.80 bits per heavy atom. The van der Waals surface area contributed by atoms with E-state index in [9.17, 15) is 9.18 Å². The summed E-state index contributed by atoms with van der Waals surface area (Å²) in [6, 6.07) is 10.3. The van der Waals surface area contributed by atoms with Crippen LogP contribution in [0.1, 0.15) is 11.4 Å². The molecule has 0 atom stereocenters. The van der Waals surface area contributed by atoms with E-state index < -0.39 is 0 Å². The number of nitrogens with zero attached hydrogens (tertiary/aromatic N) is 5. The molecule has 3 aromatic heterocycles. The molecule has 7 heteroatoms. The van der Waals surface area contributed by atoms with Crippen LogP contribution in [0.2, 0.25) is 0 Å². The van der Waals surface area contributed by atoms with Crippen molar-refractivity contribution >= 4 is 10.9 Å². The Hall–Kier alpha value is -3.22. The van der Waals surface area contributed by atoms with Crippen LogP contribution in [-0.4, -0.2) is 23.9 Å². The van der Waals surface area contributed by atoms with Crippen molar-refractivity contribution in [2.75, 3.05) is 0 Å². The summed E-state index contributed by atoms with van der Waals surface area (Å²) >= 11 is 0. The zero-order chi connectivity index (χ0) is 17.4. The second kappa shape index (κ2) is 6.01. The number of halogens is 1. The molecule has 6 nitrogen and oxygen atoms in total. The number of hydrogen-bond acceptors (Lipinski definition) is 3. The van der Waals surface area contributed by atoms with Crippen molar-refractivity contribution in [1.82, 2.24) is 23.9 Å². The molecule has 0 amide bonds. The molecule has 0 aliphatic heterocycles. The van der Waals surface area contributed by atoms with Gasteiger partial charge in [0.2, 0.25) is 0 Å². The number of rotatable bonds is 4. The van der Waals surface area contributed by atoms with Crippen molar-refractivity contribution in [1.29, 1.82) is 0 Å². The predicted octanol–water partition coefficient (Wildman–Crippen LogP) is 2.17. The first kappa shape index (κ1) is 15.3. The molecule has 0 unspecified atom stereocenters. The van der Waals surface area contributed by atoms with Gasteiger partial charge in [-0.05, 0) is 18.2 Å². The Morgan fingerprint density at radius 1 is 1.04 bits per heavy atom. The largest absolute Gasteiger partial charge is 0.338 e. The van der Waals surface area contributed by atoms with Gasteiger partial charge in [0.05, 0.1) is 13.1 Å². The van der Waals surface area contributed by atoms with Gasteiger partial charge in [-0.3, -0.25) is 4.79 Å². The minimum Gasteiger partial charge on any atom is -0.338 e. The summed E-state index contributed by atoms with van der Waals surface area (Å²) in [5.41, 5.74) is 0.956. The van der Waals surface area contributed by atoms with Crippen LogP contribution < -0.4 is 5.56 Å². The van der Waals surface area contributed by atoms with Gasteiger partial charge in [-0.2, -0.15) is 0 Å². The van der Waals surface area contributed by atoms with Gasteiger partial charge in [-0.25, -0.2) is 4.39 Å². The molecule has 1 aromatic carbocycles. The van der Waals surface area contributed by atoms with E-state index in [2.05, 4.69) is 10.2 Å². The summed E-state index contributed by atoms with van der Waals surface area (Å²) in [7, 11) is 1.83. The predicted molar refractivity (Wildman–Crippen MR) is 91.8 cm³/mol. The second-order valence-corrected chi connectivity index (χ2v) is 5.95. The lowest BCUT2D eigenvalue weighted by Crippen LogP contribution is -2.23. The normalized spacial score (nSPS) is 11.3. The molecular weight excluding hydrogens is 321 g/mol. The number of fused-ring (bicyclic) bond motifs is 1. The lowest BCUT2D eigenvalue weighted by atomic mass is 10.2. The summed E-state index contributed by atoms with van der Waals surface area (Å²) in [6.45, 7) is 0.634. The van der Waals surface area contributed by atoms with Crippen molar-refractivity contribution in [2.24, 2.45) is 7.05 Å². The fourth-order valence-corrected chi connectivity index (χ4v) is 2.91. The van der Waals surface area contributed by atoms with E-state index in [1.54, 1.807) is 44.4 Å². The van der Waals surface area contributed by atoms with E-state index in [0.717, 1.165) is 5.39 Å². The van der Waals surface area contributed by atoms with Crippen molar-refractivity contribution in [3.63, 3.8) is 0 Å². The molecule has 0 saturated carbocycles. The Labute approximate surface area is 142 Å². The number of pyridine rings is 1. The fraction of sp³-hybridized carbons (Fsp3) is 0.167. The Balaban J connectivity index is 1.77. The lowest BCUT2D eigenvalue weighted by Gasteiger charge is -2.09. The summed E-state index contributed by atoms with van der Waals surface area (Å²) < 4.78 is 19.1. The SMILES string of the molecule is Cn1cnnc1Cn1ccc2ccn(Cc3ccccc3F)c2c1=O. The first-order chi connectivity index (χ1) is 12.1. The van der Waals surface area contributed by atoms with Crippen LogP contribution in [0, 0.1) is 5.82 Å². The maximum atomic E-state index is 13.9. The molecule has 4 rings (SSSR count). The third-order valence-electron chi connectivity index (χ3n) is 4.31. The molecule has 0 spiro atoms. The third kappa shape index (κ3) is 2.73. The average molecular weight is 337 g/mol. The van der Waals surface area contributed by atoms with Crippen molar-refractivity contribution in [3.05, 3.63) is 82.7 Å². The smallest absolute Gasteiger partial charge is 0.275 e. The second-order valence-electron chi connectivity index (χ2n) is 5.95. The van der Waals surface area contributed by atoms with Gasteiger partial charge in [0.25, 0.3) is 5.56 Å². The molecule has 126 valence electrons. The Bertz CT molecular complexity index is 1110. The maximum absolute atomic E-state index is 13.9.